The Balaban J connectivity index is 0.00000242. The van der Waals surface area contributed by atoms with Gasteiger partial charge in [-0.25, -0.2) is 0 Å². The molecule has 1 saturated heterocycles. The lowest BCUT2D eigenvalue weighted by Gasteiger charge is -2.27. The molecule has 0 spiro atoms. The van der Waals surface area contributed by atoms with Crippen molar-refractivity contribution in [3.8, 4) is 5.75 Å². The number of rotatable bonds is 3. The van der Waals surface area contributed by atoms with Gasteiger partial charge < -0.3 is 15.7 Å². The molecule has 5 heteroatoms. The summed E-state index contributed by atoms with van der Waals surface area (Å²) < 4.78 is 0. The van der Waals surface area contributed by atoms with E-state index in [2.05, 4.69) is 17.6 Å². The molecule has 3 N–H and O–H groups in total. The summed E-state index contributed by atoms with van der Waals surface area (Å²) in [4.78, 5) is 12.4. The van der Waals surface area contributed by atoms with Gasteiger partial charge >= 0.3 is 0 Å². The van der Waals surface area contributed by atoms with E-state index in [1.165, 1.54) is 0 Å². The van der Waals surface area contributed by atoms with Crippen LogP contribution in [0.3, 0.4) is 0 Å². The summed E-state index contributed by atoms with van der Waals surface area (Å²) in [6.45, 7) is 8.98. The molecule has 0 bridgehead atoms. The van der Waals surface area contributed by atoms with Crippen LogP contribution in [0.15, 0.2) is 12.1 Å². The van der Waals surface area contributed by atoms with E-state index >= 15 is 0 Å². The van der Waals surface area contributed by atoms with Gasteiger partial charge in [-0.15, -0.1) is 12.4 Å². The van der Waals surface area contributed by atoms with Gasteiger partial charge in [-0.2, -0.15) is 0 Å². The molecule has 1 amide bonds. The van der Waals surface area contributed by atoms with Gasteiger partial charge in [-0.05, 0) is 62.4 Å². The quantitative estimate of drug-likeness (QED) is 0.744. The van der Waals surface area contributed by atoms with Crippen molar-refractivity contribution in [3.05, 3.63) is 23.3 Å². The van der Waals surface area contributed by atoms with Gasteiger partial charge in [-0.1, -0.05) is 13.8 Å². The third-order valence-corrected chi connectivity index (χ3v) is 4.25. The number of nitrogens with one attached hydrogen (secondary N) is 2. The average Bonchev–Trinajstić information content (AvgIpc) is 2.41. The van der Waals surface area contributed by atoms with Gasteiger partial charge in [0.15, 0.2) is 0 Å². The first-order valence-corrected chi connectivity index (χ1v) is 7.76. The van der Waals surface area contributed by atoms with E-state index < -0.39 is 0 Å². The molecule has 124 valence electrons. The smallest absolute Gasteiger partial charge is 0.227 e. The summed E-state index contributed by atoms with van der Waals surface area (Å²) in [6.07, 6.45) is 1.75. The Morgan fingerprint density at radius 2 is 2.09 bits per heavy atom. The highest BCUT2D eigenvalue weighted by Gasteiger charge is 2.25. The van der Waals surface area contributed by atoms with E-state index in [9.17, 15) is 9.90 Å². The van der Waals surface area contributed by atoms with Crippen molar-refractivity contribution in [1.29, 1.82) is 0 Å². The summed E-state index contributed by atoms with van der Waals surface area (Å²) in [5.74, 6) is 0.681. The first-order valence-electron chi connectivity index (χ1n) is 7.76. The van der Waals surface area contributed by atoms with E-state index in [1.807, 2.05) is 26.8 Å². The molecule has 1 aromatic rings. The van der Waals surface area contributed by atoms with Crippen LogP contribution >= 0.6 is 12.4 Å². The number of carbonyl (C=O) groups is 1. The second kappa shape index (κ2) is 7.84. The molecule has 0 unspecified atom stereocenters. The Labute approximate surface area is 139 Å². The zero-order valence-electron chi connectivity index (χ0n) is 13.8. The predicted octanol–water partition coefficient (Wildman–Crippen LogP) is 3.57. The Kier molecular flexibility index (Phi) is 6.69. The zero-order chi connectivity index (χ0) is 15.6. The summed E-state index contributed by atoms with van der Waals surface area (Å²) in [5.41, 5.74) is 2.58. The second-order valence-corrected chi connectivity index (χ2v) is 6.45. The summed E-state index contributed by atoms with van der Waals surface area (Å²) in [7, 11) is 0. The van der Waals surface area contributed by atoms with Crippen LogP contribution in [-0.4, -0.2) is 23.6 Å². The monoisotopic (exact) mass is 326 g/mol. The molecular weight excluding hydrogens is 300 g/mol. The number of phenolic OH excluding ortho intramolecular Hbond substituents is 1. The fraction of sp³-hybridized carbons (Fsp3) is 0.588. The van der Waals surface area contributed by atoms with Crippen molar-refractivity contribution >= 4 is 24.0 Å². The summed E-state index contributed by atoms with van der Waals surface area (Å²) in [6, 6.07) is 4.02. The number of aryl methyl sites for hydroxylation is 1. The number of halogens is 1. The number of amides is 1. The third-order valence-electron chi connectivity index (χ3n) is 4.25. The van der Waals surface area contributed by atoms with Crippen LogP contribution in [0.25, 0.3) is 0 Å². The number of benzene rings is 1. The molecular formula is C17H27ClN2O2. The average molecular weight is 327 g/mol. The first kappa shape index (κ1) is 18.8. The molecule has 0 radical (unpaired) electrons. The van der Waals surface area contributed by atoms with Crippen LogP contribution in [0.5, 0.6) is 5.75 Å². The fourth-order valence-electron chi connectivity index (χ4n) is 2.91. The maximum absolute atomic E-state index is 12.4. The van der Waals surface area contributed by atoms with Crippen molar-refractivity contribution in [2.24, 2.45) is 5.92 Å². The normalized spacial score (nSPS) is 21.3. The van der Waals surface area contributed by atoms with Crippen LogP contribution in [0, 0.1) is 12.8 Å². The Bertz CT molecular complexity index is 532. The molecule has 0 aromatic heterocycles. The lowest BCUT2D eigenvalue weighted by atomic mass is 9.92. The van der Waals surface area contributed by atoms with E-state index in [0.29, 0.717) is 11.8 Å². The highest BCUT2D eigenvalue weighted by atomic mass is 35.5. The fourth-order valence-corrected chi connectivity index (χ4v) is 2.91. The largest absolute Gasteiger partial charge is 0.508 e. The van der Waals surface area contributed by atoms with Crippen LogP contribution in [0.4, 0.5) is 5.69 Å². The van der Waals surface area contributed by atoms with E-state index in [-0.39, 0.29) is 30.2 Å². The number of hydrogen-bond donors (Lipinski definition) is 3. The third kappa shape index (κ3) is 4.37. The molecule has 2 rings (SSSR count). The Hall–Kier alpha value is -1.26. The SMILES string of the molecule is Cc1cc(O)c(C(C)C)cc1NC(=O)[C@H]1CCN[C@@H](C)C1.Cl. The zero-order valence-corrected chi connectivity index (χ0v) is 14.6. The molecule has 1 aliphatic rings. The number of hydrogen-bond acceptors (Lipinski definition) is 3. The van der Waals surface area contributed by atoms with E-state index in [4.69, 9.17) is 0 Å². The molecule has 1 fully saturated rings. The van der Waals surface area contributed by atoms with Crippen molar-refractivity contribution < 1.29 is 9.90 Å². The minimum Gasteiger partial charge on any atom is -0.508 e. The van der Waals surface area contributed by atoms with Crippen molar-refractivity contribution in [1.82, 2.24) is 5.32 Å². The molecule has 22 heavy (non-hydrogen) atoms. The van der Waals surface area contributed by atoms with Crippen molar-refractivity contribution in [2.75, 3.05) is 11.9 Å². The minimum atomic E-state index is 0. The number of aromatic hydroxyl groups is 1. The number of anilines is 1. The van der Waals surface area contributed by atoms with Crippen molar-refractivity contribution in [2.45, 2.75) is 52.5 Å². The van der Waals surface area contributed by atoms with Gasteiger partial charge in [0.25, 0.3) is 0 Å². The highest BCUT2D eigenvalue weighted by Crippen LogP contribution is 2.31. The lowest BCUT2D eigenvalue weighted by Crippen LogP contribution is -2.40. The predicted molar refractivity (Wildman–Crippen MR) is 93.0 cm³/mol. The summed E-state index contributed by atoms with van der Waals surface area (Å²) >= 11 is 0. The molecule has 1 aromatic carbocycles. The standard InChI is InChI=1S/C17H26N2O2.ClH/c1-10(2)14-9-15(11(3)7-16(14)20)19-17(21)13-5-6-18-12(4)8-13;/h7,9-10,12-13,18,20H,5-6,8H2,1-4H3,(H,19,21);1H/t12-,13-;/m0./s1. The molecule has 2 atom stereocenters. The van der Waals surface area contributed by atoms with Crippen molar-refractivity contribution in [3.63, 3.8) is 0 Å². The molecule has 0 saturated carbocycles. The number of carbonyl (C=O) groups excluding carboxylic acids is 1. The van der Waals surface area contributed by atoms with Crippen LogP contribution in [0.1, 0.15) is 50.7 Å². The van der Waals surface area contributed by atoms with Gasteiger partial charge in [0, 0.05) is 17.6 Å². The highest BCUT2D eigenvalue weighted by molar-refractivity contribution is 5.93. The van der Waals surface area contributed by atoms with Crippen LogP contribution in [0.2, 0.25) is 0 Å². The van der Waals surface area contributed by atoms with Gasteiger partial charge in [0.2, 0.25) is 5.91 Å². The molecule has 1 heterocycles. The number of piperidine rings is 1. The topological polar surface area (TPSA) is 61.4 Å². The minimum absolute atomic E-state index is 0. The Morgan fingerprint density at radius 3 is 2.68 bits per heavy atom. The van der Waals surface area contributed by atoms with Gasteiger partial charge in [0.05, 0.1) is 0 Å². The van der Waals surface area contributed by atoms with Gasteiger partial charge in [-0.3, -0.25) is 4.79 Å². The molecule has 0 aliphatic carbocycles. The molecule has 1 aliphatic heterocycles. The maximum Gasteiger partial charge on any atom is 0.227 e. The lowest BCUT2D eigenvalue weighted by molar-refractivity contribution is -0.120. The van der Waals surface area contributed by atoms with E-state index in [1.54, 1.807) is 6.07 Å². The van der Waals surface area contributed by atoms with Crippen LogP contribution in [-0.2, 0) is 4.79 Å². The second-order valence-electron chi connectivity index (χ2n) is 6.45. The first-order chi connectivity index (χ1) is 9.88. The maximum atomic E-state index is 12.4. The van der Waals surface area contributed by atoms with Crippen LogP contribution < -0.4 is 10.6 Å². The molecule has 4 nitrogen and oxygen atoms in total. The van der Waals surface area contributed by atoms with E-state index in [0.717, 1.165) is 36.2 Å². The Morgan fingerprint density at radius 1 is 1.41 bits per heavy atom. The van der Waals surface area contributed by atoms with Gasteiger partial charge in [0.1, 0.15) is 5.75 Å². The summed E-state index contributed by atoms with van der Waals surface area (Å²) in [5, 5.41) is 16.4. The number of phenols is 1.